The molecule has 1 atom stereocenters. The second kappa shape index (κ2) is 4.09. The zero-order valence-electron chi connectivity index (χ0n) is 11.8. The van der Waals surface area contributed by atoms with Gasteiger partial charge in [-0.1, -0.05) is 37.1 Å². The lowest BCUT2D eigenvalue weighted by molar-refractivity contribution is 0.153. The normalized spacial score (nSPS) is 29.6. The second-order valence-corrected chi connectivity index (χ2v) is 7.14. The molecule has 0 bridgehead atoms. The first-order valence-corrected chi connectivity index (χ1v) is 8.11. The Balaban J connectivity index is 1.84. The molecule has 3 aliphatic rings. The van der Waals surface area contributed by atoms with Crippen molar-refractivity contribution in [2.75, 3.05) is 6.54 Å². The van der Waals surface area contributed by atoms with Crippen LogP contribution >= 0.6 is 0 Å². The van der Waals surface area contributed by atoms with Crippen molar-refractivity contribution in [1.29, 1.82) is 0 Å². The van der Waals surface area contributed by atoms with Crippen LogP contribution in [0.2, 0.25) is 0 Å². The summed E-state index contributed by atoms with van der Waals surface area (Å²) in [6.45, 7) is 0.835. The van der Waals surface area contributed by atoms with Crippen LogP contribution in [0.15, 0.2) is 24.3 Å². The summed E-state index contributed by atoms with van der Waals surface area (Å²) in [5, 5.41) is 0. The summed E-state index contributed by atoms with van der Waals surface area (Å²) < 4.78 is 0. The van der Waals surface area contributed by atoms with Gasteiger partial charge in [-0.3, -0.25) is 0 Å². The molecular formula is C18H25N. The largest absolute Gasteiger partial charge is 0.330 e. The Morgan fingerprint density at radius 3 is 2.47 bits per heavy atom. The monoisotopic (exact) mass is 255 g/mol. The summed E-state index contributed by atoms with van der Waals surface area (Å²) in [6, 6.07) is 9.31. The molecule has 1 nitrogen and oxygen atoms in total. The van der Waals surface area contributed by atoms with Gasteiger partial charge in [0.15, 0.2) is 0 Å². The third-order valence-corrected chi connectivity index (χ3v) is 6.39. The van der Waals surface area contributed by atoms with Crippen molar-refractivity contribution in [3.63, 3.8) is 0 Å². The summed E-state index contributed by atoms with van der Waals surface area (Å²) in [7, 11) is 0. The van der Waals surface area contributed by atoms with Gasteiger partial charge in [0.05, 0.1) is 0 Å². The maximum atomic E-state index is 5.89. The van der Waals surface area contributed by atoms with Gasteiger partial charge in [-0.2, -0.15) is 0 Å². The Bertz CT molecular complexity index is 480. The highest BCUT2D eigenvalue weighted by molar-refractivity contribution is 5.46. The van der Waals surface area contributed by atoms with Gasteiger partial charge in [-0.25, -0.2) is 0 Å². The molecule has 0 heterocycles. The van der Waals surface area contributed by atoms with Gasteiger partial charge in [-0.05, 0) is 67.5 Å². The van der Waals surface area contributed by atoms with Crippen LogP contribution in [0.3, 0.4) is 0 Å². The minimum Gasteiger partial charge on any atom is -0.330 e. The smallest absolute Gasteiger partial charge is 0.00131 e. The van der Waals surface area contributed by atoms with Gasteiger partial charge < -0.3 is 5.73 Å². The van der Waals surface area contributed by atoms with Crippen molar-refractivity contribution in [3.8, 4) is 0 Å². The average Bonchev–Trinajstić information content (AvgIpc) is 3.12. The lowest BCUT2D eigenvalue weighted by atomic mass is 9.57. The maximum absolute atomic E-state index is 5.89. The van der Waals surface area contributed by atoms with Crippen molar-refractivity contribution >= 4 is 0 Å². The quantitative estimate of drug-likeness (QED) is 0.845. The lowest BCUT2D eigenvalue weighted by Crippen LogP contribution is -2.39. The van der Waals surface area contributed by atoms with Gasteiger partial charge in [-0.15, -0.1) is 0 Å². The molecule has 1 heteroatoms. The van der Waals surface area contributed by atoms with Crippen LogP contribution in [0.4, 0.5) is 0 Å². The third kappa shape index (κ3) is 1.51. The summed E-state index contributed by atoms with van der Waals surface area (Å²) >= 11 is 0. The fourth-order valence-corrected chi connectivity index (χ4v) is 5.47. The number of benzene rings is 1. The minimum absolute atomic E-state index is 0.575. The van der Waals surface area contributed by atoms with E-state index in [4.69, 9.17) is 5.73 Å². The summed E-state index contributed by atoms with van der Waals surface area (Å²) in [6.07, 6.45) is 11.3. The first-order valence-electron chi connectivity index (χ1n) is 8.11. The molecule has 0 radical (unpaired) electrons. The van der Waals surface area contributed by atoms with Gasteiger partial charge >= 0.3 is 0 Å². The number of fused-ring (bicyclic) bond motifs is 3. The molecule has 0 saturated heterocycles. The highest BCUT2D eigenvalue weighted by atomic mass is 14.7. The summed E-state index contributed by atoms with van der Waals surface area (Å²) in [5.41, 5.74) is 10.5. The number of rotatable bonds is 2. The standard InChI is InChI=1S/C18H25N/c19-12-7-14-13-17(8-3-4-9-17)18(10-11-18)16-6-2-1-5-15(14)16/h1-2,5-6,14H,3-4,7-13,19H2. The van der Waals surface area contributed by atoms with Crippen LogP contribution in [-0.2, 0) is 5.41 Å². The Morgan fingerprint density at radius 1 is 1.05 bits per heavy atom. The van der Waals surface area contributed by atoms with Crippen LogP contribution in [0.5, 0.6) is 0 Å². The van der Waals surface area contributed by atoms with Crippen molar-refractivity contribution in [1.82, 2.24) is 0 Å². The maximum Gasteiger partial charge on any atom is 0.00131 e. The second-order valence-electron chi connectivity index (χ2n) is 7.14. The van der Waals surface area contributed by atoms with Gasteiger partial charge in [0.2, 0.25) is 0 Å². The van der Waals surface area contributed by atoms with E-state index >= 15 is 0 Å². The van der Waals surface area contributed by atoms with Gasteiger partial charge in [0.1, 0.15) is 0 Å². The molecule has 1 aromatic carbocycles. The molecule has 0 amide bonds. The first kappa shape index (κ1) is 12.0. The molecule has 4 rings (SSSR count). The Morgan fingerprint density at radius 2 is 1.79 bits per heavy atom. The highest BCUT2D eigenvalue weighted by Gasteiger charge is 2.63. The van der Waals surface area contributed by atoms with E-state index in [-0.39, 0.29) is 0 Å². The molecule has 0 aromatic heterocycles. The minimum atomic E-state index is 0.575. The van der Waals surface area contributed by atoms with Crippen LogP contribution in [0.1, 0.15) is 68.4 Å². The van der Waals surface area contributed by atoms with Crippen molar-refractivity contribution < 1.29 is 0 Å². The Hall–Kier alpha value is -0.820. The van der Waals surface area contributed by atoms with Crippen LogP contribution in [0.25, 0.3) is 0 Å². The zero-order valence-corrected chi connectivity index (χ0v) is 11.8. The molecule has 1 aromatic rings. The number of nitrogens with two attached hydrogens (primary N) is 1. The summed E-state index contributed by atoms with van der Waals surface area (Å²) in [5.74, 6) is 0.727. The molecular weight excluding hydrogens is 230 g/mol. The molecule has 102 valence electrons. The van der Waals surface area contributed by atoms with Crippen molar-refractivity contribution in [2.45, 2.75) is 62.7 Å². The van der Waals surface area contributed by atoms with Crippen LogP contribution in [0, 0.1) is 5.41 Å². The lowest BCUT2D eigenvalue weighted by Gasteiger charge is -2.47. The van der Waals surface area contributed by atoms with E-state index in [2.05, 4.69) is 24.3 Å². The topological polar surface area (TPSA) is 26.0 Å². The van der Waals surface area contributed by atoms with E-state index in [1.807, 2.05) is 0 Å². The van der Waals surface area contributed by atoms with E-state index < -0.39 is 0 Å². The van der Waals surface area contributed by atoms with Crippen LogP contribution < -0.4 is 5.73 Å². The zero-order chi connectivity index (χ0) is 12.9. The number of hydrogen-bond donors (Lipinski definition) is 1. The predicted molar refractivity (Wildman–Crippen MR) is 79.3 cm³/mol. The third-order valence-electron chi connectivity index (χ3n) is 6.39. The van der Waals surface area contributed by atoms with E-state index in [0.29, 0.717) is 10.8 Å². The van der Waals surface area contributed by atoms with E-state index in [9.17, 15) is 0 Å². The fourth-order valence-electron chi connectivity index (χ4n) is 5.47. The van der Waals surface area contributed by atoms with Crippen molar-refractivity contribution in [2.24, 2.45) is 11.1 Å². The molecule has 2 fully saturated rings. The Kier molecular flexibility index (Phi) is 2.57. The fraction of sp³-hybridized carbons (Fsp3) is 0.667. The van der Waals surface area contributed by atoms with Crippen LogP contribution in [-0.4, -0.2) is 6.54 Å². The Labute approximate surface area is 116 Å². The van der Waals surface area contributed by atoms with Crippen molar-refractivity contribution in [3.05, 3.63) is 35.4 Å². The molecule has 19 heavy (non-hydrogen) atoms. The average molecular weight is 255 g/mol. The molecule has 3 aliphatic carbocycles. The van der Waals surface area contributed by atoms with E-state index in [1.165, 1.54) is 51.4 Å². The molecule has 2 saturated carbocycles. The predicted octanol–water partition coefficient (Wildman–Crippen LogP) is 4.11. The van der Waals surface area contributed by atoms with E-state index in [0.717, 1.165) is 12.5 Å². The molecule has 0 aliphatic heterocycles. The highest BCUT2D eigenvalue weighted by Crippen LogP contribution is 2.71. The number of hydrogen-bond acceptors (Lipinski definition) is 1. The summed E-state index contributed by atoms with van der Waals surface area (Å²) in [4.78, 5) is 0. The SMILES string of the molecule is NCCC1CC2(CCCC2)C2(CC2)c2ccccc21. The van der Waals surface area contributed by atoms with Gasteiger partial charge in [0, 0.05) is 5.41 Å². The molecule has 2 spiro atoms. The van der Waals surface area contributed by atoms with E-state index in [1.54, 1.807) is 11.1 Å². The first-order chi connectivity index (χ1) is 9.31. The van der Waals surface area contributed by atoms with Gasteiger partial charge in [0.25, 0.3) is 0 Å². The molecule has 2 N–H and O–H groups in total. The molecule has 1 unspecified atom stereocenters.